The van der Waals surface area contributed by atoms with Gasteiger partial charge in [-0.3, -0.25) is 9.59 Å². The van der Waals surface area contributed by atoms with Crippen LogP contribution in [0.1, 0.15) is 111 Å². The molecule has 3 heteroatoms. The molecule has 3 nitrogen and oxygen atoms in total. The summed E-state index contributed by atoms with van der Waals surface area (Å²) in [6.45, 7) is 16.6. The molecule has 4 unspecified atom stereocenters. The molecule has 1 fully saturated rings. The van der Waals surface area contributed by atoms with E-state index in [4.69, 9.17) is 0 Å². The van der Waals surface area contributed by atoms with Gasteiger partial charge in [0.1, 0.15) is 11.6 Å². The van der Waals surface area contributed by atoms with Gasteiger partial charge in [0.05, 0.1) is 6.10 Å². The van der Waals surface area contributed by atoms with Crippen molar-refractivity contribution in [1.29, 1.82) is 0 Å². The summed E-state index contributed by atoms with van der Waals surface area (Å²) in [5.74, 6) is 1.52. The maximum absolute atomic E-state index is 12.1. The van der Waals surface area contributed by atoms with E-state index < -0.39 is 6.10 Å². The summed E-state index contributed by atoms with van der Waals surface area (Å²) < 4.78 is 0. The van der Waals surface area contributed by atoms with Crippen molar-refractivity contribution in [1.82, 2.24) is 0 Å². The number of hydrogen-bond donors (Lipinski definition) is 1. The first-order chi connectivity index (χ1) is 13.9. The molecule has 0 amide bonds. The van der Waals surface area contributed by atoms with Crippen molar-refractivity contribution >= 4 is 11.6 Å². The molecular weight excluding hydrogens is 372 g/mol. The molecule has 0 aromatic heterocycles. The predicted molar refractivity (Wildman–Crippen MR) is 126 cm³/mol. The highest BCUT2D eigenvalue weighted by Crippen LogP contribution is 2.46. The van der Waals surface area contributed by atoms with E-state index in [0.717, 1.165) is 24.8 Å². The van der Waals surface area contributed by atoms with Crippen molar-refractivity contribution in [2.45, 2.75) is 99.5 Å². The lowest BCUT2D eigenvalue weighted by Gasteiger charge is -2.21. The van der Waals surface area contributed by atoms with E-state index in [0.29, 0.717) is 23.5 Å². The van der Waals surface area contributed by atoms with E-state index >= 15 is 0 Å². The molecule has 4 atom stereocenters. The number of hydrogen-bond acceptors (Lipinski definition) is 3. The van der Waals surface area contributed by atoms with Gasteiger partial charge >= 0.3 is 0 Å². The normalized spacial score (nSPS) is 23.7. The molecule has 2 aliphatic carbocycles. The number of aliphatic hydroxyl groups excluding tert-OH is 1. The molecule has 0 heterocycles. The Bertz CT molecular complexity index is 647. The Hall–Kier alpha value is -1.48. The van der Waals surface area contributed by atoms with Crippen LogP contribution in [0, 0.1) is 23.2 Å². The summed E-state index contributed by atoms with van der Waals surface area (Å²) in [7, 11) is 0. The van der Waals surface area contributed by atoms with Crippen LogP contribution in [0.5, 0.6) is 0 Å². The number of aliphatic hydroxyl groups is 1. The fourth-order valence-corrected chi connectivity index (χ4v) is 3.69. The zero-order valence-corrected chi connectivity index (χ0v) is 20.5. The molecule has 3 rings (SSSR count). The summed E-state index contributed by atoms with van der Waals surface area (Å²) in [6, 6.07) is 8.00. The molecule has 0 aliphatic heterocycles. The summed E-state index contributed by atoms with van der Waals surface area (Å²) >= 11 is 0. The summed E-state index contributed by atoms with van der Waals surface area (Å²) in [5, 5.41) is 10.4. The lowest BCUT2D eigenvalue weighted by atomic mass is 9.83. The van der Waals surface area contributed by atoms with Gasteiger partial charge in [-0.25, -0.2) is 0 Å². The maximum Gasteiger partial charge on any atom is 0.136 e. The van der Waals surface area contributed by atoms with Crippen LogP contribution >= 0.6 is 0 Å². The third-order valence-electron chi connectivity index (χ3n) is 6.13. The lowest BCUT2D eigenvalue weighted by molar-refractivity contribution is -0.124. The first-order valence-corrected chi connectivity index (χ1v) is 11.7. The third-order valence-corrected chi connectivity index (χ3v) is 6.13. The zero-order valence-electron chi connectivity index (χ0n) is 20.5. The largest absolute Gasteiger partial charge is 0.388 e. The van der Waals surface area contributed by atoms with Gasteiger partial charge in [-0.15, -0.1) is 0 Å². The Labute approximate surface area is 184 Å². The first-order valence-electron chi connectivity index (χ1n) is 11.7. The van der Waals surface area contributed by atoms with Crippen molar-refractivity contribution in [3.63, 3.8) is 0 Å². The molecule has 1 aromatic rings. The van der Waals surface area contributed by atoms with Crippen molar-refractivity contribution in [3.8, 4) is 0 Å². The molecule has 0 spiro atoms. The van der Waals surface area contributed by atoms with Gasteiger partial charge < -0.3 is 5.11 Å². The van der Waals surface area contributed by atoms with Crippen molar-refractivity contribution in [2.75, 3.05) is 0 Å². The molecule has 0 radical (unpaired) electrons. The predicted octanol–water partition coefficient (Wildman–Crippen LogP) is 6.89. The number of Topliss-reactive ketones (excluding diaryl/α,β-unsaturated/α-hetero) is 2. The quantitative estimate of drug-likeness (QED) is 0.569. The second-order valence-electron chi connectivity index (χ2n) is 10.7. The van der Waals surface area contributed by atoms with Gasteiger partial charge in [-0.1, -0.05) is 79.2 Å². The van der Waals surface area contributed by atoms with E-state index in [2.05, 4.69) is 40.7 Å². The highest BCUT2D eigenvalue weighted by atomic mass is 16.3. The number of carbonyl (C=O) groups excluding carboxylic acids is 2. The zero-order chi connectivity index (χ0) is 23.1. The number of rotatable bonds is 5. The van der Waals surface area contributed by atoms with Gasteiger partial charge in [0, 0.05) is 24.2 Å². The van der Waals surface area contributed by atoms with Gasteiger partial charge in [0.2, 0.25) is 0 Å². The van der Waals surface area contributed by atoms with Crippen LogP contribution in [-0.2, 0) is 9.59 Å². The van der Waals surface area contributed by atoms with Crippen molar-refractivity contribution in [2.24, 2.45) is 23.2 Å². The maximum atomic E-state index is 12.1. The highest BCUT2D eigenvalue weighted by molar-refractivity contribution is 5.81. The van der Waals surface area contributed by atoms with Gasteiger partial charge in [-0.2, -0.15) is 0 Å². The van der Waals surface area contributed by atoms with Gasteiger partial charge in [0.15, 0.2) is 0 Å². The van der Waals surface area contributed by atoms with E-state index in [1.807, 2.05) is 32.0 Å². The average Bonchev–Trinajstić information content (AvgIpc) is 2.83. The lowest BCUT2D eigenvalue weighted by Crippen LogP contribution is -2.19. The highest BCUT2D eigenvalue weighted by Gasteiger charge is 2.38. The second-order valence-corrected chi connectivity index (χ2v) is 10.7. The molecule has 1 saturated carbocycles. The van der Waals surface area contributed by atoms with Crippen LogP contribution in [-0.4, -0.2) is 16.7 Å². The molecule has 0 bridgehead atoms. The Morgan fingerprint density at radius 1 is 1.10 bits per heavy atom. The van der Waals surface area contributed by atoms with E-state index in [-0.39, 0.29) is 23.5 Å². The Morgan fingerprint density at radius 2 is 1.60 bits per heavy atom. The van der Waals surface area contributed by atoms with E-state index in [9.17, 15) is 14.7 Å². The monoisotopic (exact) mass is 416 g/mol. The number of carbonyl (C=O) groups is 2. The first kappa shape index (κ1) is 26.6. The van der Waals surface area contributed by atoms with Crippen molar-refractivity contribution < 1.29 is 14.7 Å². The molecule has 1 N–H and O–H groups in total. The Balaban J connectivity index is 0.000000307. The second kappa shape index (κ2) is 11.8. The van der Waals surface area contributed by atoms with E-state index in [1.54, 1.807) is 6.92 Å². The molecule has 170 valence electrons. The molecule has 1 aromatic carbocycles. The average molecular weight is 417 g/mol. The Morgan fingerprint density at radius 3 is 1.93 bits per heavy atom. The number of ketones is 2. The minimum absolute atomic E-state index is 0.0453. The summed E-state index contributed by atoms with van der Waals surface area (Å²) in [4.78, 5) is 22.5. The van der Waals surface area contributed by atoms with Crippen LogP contribution in [0.3, 0.4) is 0 Å². The van der Waals surface area contributed by atoms with Crippen LogP contribution in [0.15, 0.2) is 24.3 Å². The topological polar surface area (TPSA) is 54.4 Å². The third kappa shape index (κ3) is 8.34. The molecule has 2 aliphatic rings. The minimum Gasteiger partial charge on any atom is -0.388 e. The summed E-state index contributed by atoms with van der Waals surface area (Å²) in [5.41, 5.74) is 2.71. The molecule has 30 heavy (non-hydrogen) atoms. The van der Waals surface area contributed by atoms with E-state index in [1.165, 1.54) is 12.0 Å². The number of benzene rings is 1. The standard InChI is InChI=1S/C16H22O2.C6H10O.C5H12/c1-4-10(2)15(17)9-14-11(3)12-7-5-6-8-13(12)16(14)18;1-5(7)6-3-2-4-6;1-5(2,3)4/h5-8,10-11,14,16,18H,4,9H2,1-3H3;6H,2-4H2,1H3;1-4H3. The Kier molecular flexibility index (Phi) is 10.4. The smallest absolute Gasteiger partial charge is 0.136 e. The fraction of sp³-hybridized carbons (Fsp3) is 0.704. The minimum atomic E-state index is -0.482. The SMILES string of the molecule is CC(=O)C1CCC1.CC(C)(C)C.CCC(C)C(=O)CC1C(C)c2ccccc2C1O. The van der Waals surface area contributed by atoms with Crippen LogP contribution in [0.2, 0.25) is 0 Å². The van der Waals surface area contributed by atoms with Gasteiger partial charge in [-0.05, 0) is 48.6 Å². The van der Waals surface area contributed by atoms with Gasteiger partial charge in [0.25, 0.3) is 0 Å². The molecular formula is C27H44O3. The number of fused-ring (bicyclic) bond motifs is 1. The van der Waals surface area contributed by atoms with Crippen LogP contribution in [0.4, 0.5) is 0 Å². The molecule has 0 saturated heterocycles. The van der Waals surface area contributed by atoms with Crippen LogP contribution in [0.25, 0.3) is 0 Å². The van der Waals surface area contributed by atoms with Crippen molar-refractivity contribution in [3.05, 3.63) is 35.4 Å². The fourth-order valence-electron chi connectivity index (χ4n) is 3.69. The summed E-state index contributed by atoms with van der Waals surface area (Å²) in [6.07, 6.45) is 4.45. The van der Waals surface area contributed by atoms with Crippen LogP contribution < -0.4 is 0 Å².